The molecule has 6 heteroatoms. The standard InChI is InChI=1S/C22H27N3O2S/c1-15(2)27-11-10-23-17-8-9-18-19(12-17)28-21-20(18)22(26)25(14-24-21)13-16-6-4-3-5-7-16/h3-7,14-15,17,23H,8-13H2,1-2H3. The maximum atomic E-state index is 13.1. The summed E-state index contributed by atoms with van der Waals surface area (Å²) in [5.74, 6) is 0. The van der Waals surface area contributed by atoms with Crippen molar-refractivity contribution in [2.75, 3.05) is 13.2 Å². The Kier molecular flexibility index (Phi) is 5.90. The molecule has 0 bridgehead atoms. The first-order valence-electron chi connectivity index (χ1n) is 10.0. The van der Waals surface area contributed by atoms with Crippen LogP contribution >= 0.6 is 11.3 Å². The van der Waals surface area contributed by atoms with Crippen LogP contribution in [0.25, 0.3) is 10.2 Å². The molecule has 0 radical (unpaired) electrons. The first-order chi connectivity index (χ1) is 13.6. The van der Waals surface area contributed by atoms with Gasteiger partial charge in [0.15, 0.2) is 0 Å². The number of rotatable bonds is 7. The lowest BCUT2D eigenvalue weighted by atomic mass is 9.93. The second-order valence-electron chi connectivity index (χ2n) is 7.66. The summed E-state index contributed by atoms with van der Waals surface area (Å²) < 4.78 is 7.35. The Hall–Kier alpha value is -2.02. The van der Waals surface area contributed by atoms with Gasteiger partial charge in [0, 0.05) is 17.5 Å². The predicted molar refractivity (Wildman–Crippen MR) is 114 cm³/mol. The van der Waals surface area contributed by atoms with Gasteiger partial charge in [-0.15, -0.1) is 11.3 Å². The zero-order valence-corrected chi connectivity index (χ0v) is 17.3. The van der Waals surface area contributed by atoms with E-state index in [-0.39, 0.29) is 11.7 Å². The lowest BCUT2D eigenvalue weighted by Crippen LogP contribution is -2.36. The average Bonchev–Trinajstić information content (AvgIpc) is 3.06. The van der Waals surface area contributed by atoms with Gasteiger partial charge in [-0.1, -0.05) is 30.3 Å². The minimum absolute atomic E-state index is 0.0862. The molecule has 0 fully saturated rings. The number of fused-ring (bicyclic) bond motifs is 3. The van der Waals surface area contributed by atoms with Gasteiger partial charge < -0.3 is 10.1 Å². The van der Waals surface area contributed by atoms with Gasteiger partial charge in [-0.05, 0) is 44.2 Å². The molecular weight excluding hydrogens is 370 g/mol. The van der Waals surface area contributed by atoms with E-state index in [9.17, 15) is 4.79 Å². The molecule has 1 aromatic carbocycles. The van der Waals surface area contributed by atoms with E-state index < -0.39 is 0 Å². The SMILES string of the molecule is CC(C)OCCNC1CCc2c(sc3ncn(Cc4ccccc4)c(=O)c23)C1. The van der Waals surface area contributed by atoms with Crippen molar-refractivity contribution in [3.63, 3.8) is 0 Å². The van der Waals surface area contributed by atoms with Crippen LogP contribution in [0.4, 0.5) is 0 Å². The molecule has 1 N–H and O–H groups in total. The highest BCUT2D eigenvalue weighted by Crippen LogP contribution is 2.33. The topological polar surface area (TPSA) is 56.1 Å². The van der Waals surface area contributed by atoms with Gasteiger partial charge in [0.1, 0.15) is 4.83 Å². The normalized spacial score (nSPS) is 16.6. The molecule has 0 amide bonds. The third-order valence-corrected chi connectivity index (χ3v) is 6.38. The minimum Gasteiger partial charge on any atom is -0.377 e. The zero-order chi connectivity index (χ0) is 19.5. The Morgan fingerprint density at radius 1 is 1.32 bits per heavy atom. The summed E-state index contributed by atoms with van der Waals surface area (Å²) in [5, 5.41) is 4.43. The Labute approximate surface area is 169 Å². The quantitative estimate of drug-likeness (QED) is 0.621. The minimum atomic E-state index is 0.0862. The van der Waals surface area contributed by atoms with E-state index in [1.165, 1.54) is 10.4 Å². The summed E-state index contributed by atoms with van der Waals surface area (Å²) in [6.45, 7) is 6.28. The van der Waals surface area contributed by atoms with E-state index in [0.29, 0.717) is 12.6 Å². The van der Waals surface area contributed by atoms with Crippen LogP contribution in [-0.4, -0.2) is 34.8 Å². The Morgan fingerprint density at radius 3 is 2.93 bits per heavy atom. The molecule has 2 aromatic heterocycles. The van der Waals surface area contributed by atoms with Crippen molar-refractivity contribution in [3.8, 4) is 0 Å². The van der Waals surface area contributed by atoms with E-state index >= 15 is 0 Å². The molecular formula is C22H27N3O2S. The third kappa shape index (κ3) is 4.19. The molecule has 0 aliphatic heterocycles. The molecule has 3 aromatic rings. The molecule has 5 nitrogen and oxygen atoms in total. The molecule has 1 atom stereocenters. The maximum absolute atomic E-state index is 13.1. The first kappa shape index (κ1) is 19.3. The fourth-order valence-electron chi connectivity index (χ4n) is 3.83. The molecule has 4 rings (SSSR count). The van der Waals surface area contributed by atoms with Gasteiger partial charge >= 0.3 is 0 Å². The van der Waals surface area contributed by atoms with E-state index in [1.54, 1.807) is 22.2 Å². The number of nitrogens with one attached hydrogen (secondary N) is 1. The molecule has 0 saturated heterocycles. The molecule has 1 unspecified atom stereocenters. The van der Waals surface area contributed by atoms with Crippen LogP contribution in [0.1, 0.15) is 36.3 Å². The summed E-state index contributed by atoms with van der Waals surface area (Å²) in [4.78, 5) is 19.9. The highest BCUT2D eigenvalue weighted by molar-refractivity contribution is 7.18. The van der Waals surface area contributed by atoms with Gasteiger partial charge in [-0.3, -0.25) is 9.36 Å². The molecule has 0 spiro atoms. The lowest BCUT2D eigenvalue weighted by molar-refractivity contribution is 0.0791. The van der Waals surface area contributed by atoms with Crippen LogP contribution in [0, 0.1) is 0 Å². The zero-order valence-electron chi connectivity index (χ0n) is 16.5. The second-order valence-corrected chi connectivity index (χ2v) is 8.74. The average molecular weight is 398 g/mol. The number of benzene rings is 1. The lowest BCUT2D eigenvalue weighted by Gasteiger charge is -2.23. The van der Waals surface area contributed by atoms with Gasteiger partial charge in [-0.25, -0.2) is 4.98 Å². The Morgan fingerprint density at radius 2 is 2.14 bits per heavy atom. The highest BCUT2D eigenvalue weighted by atomic mass is 32.1. The largest absolute Gasteiger partial charge is 0.377 e. The van der Waals surface area contributed by atoms with E-state index in [1.807, 2.05) is 30.3 Å². The number of aryl methyl sites for hydroxylation is 1. The van der Waals surface area contributed by atoms with Crippen molar-refractivity contribution < 1.29 is 4.74 Å². The van der Waals surface area contributed by atoms with E-state index in [0.717, 1.165) is 48.2 Å². The van der Waals surface area contributed by atoms with Crippen LogP contribution in [0.3, 0.4) is 0 Å². The summed E-state index contributed by atoms with van der Waals surface area (Å²) in [6, 6.07) is 10.5. The van der Waals surface area contributed by atoms with Crippen molar-refractivity contribution >= 4 is 21.6 Å². The molecule has 0 saturated carbocycles. The Bertz CT molecular complexity index is 994. The number of ether oxygens (including phenoxy) is 1. The monoisotopic (exact) mass is 397 g/mol. The molecule has 2 heterocycles. The second kappa shape index (κ2) is 8.55. The number of thiophene rings is 1. The van der Waals surface area contributed by atoms with Gasteiger partial charge in [-0.2, -0.15) is 0 Å². The van der Waals surface area contributed by atoms with Crippen molar-refractivity contribution in [2.24, 2.45) is 0 Å². The number of nitrogens with zero attached hydrogens (tertiary/aromatic N) is 2. The number of aromatic nitrogens is 2. The van der Waals surface area contributed by atoms with Crippen molar-refractivity contribution in [3.05, 3.63) is 63.0 Å². The van der Waals surface area contributed by atoms with Crippen LogP contribution in [0.15, 0.2) is 41.5 Å². The van der Waals surface area contributed by atoms with Crippen LogP contribution in [0.2, 0.25) is 0 Å². The first-order valence-corrected chi connectivity index (χ1v) is 10.8. The molecule has 1 aliphatic carbocycles. The van der Waals surface area contributed by atoms with Crippen molar-refractivity contribution in [1.82, 2.24) is 14.9 Å². The van der Waals surface area contributed by atoms with Gasteiger partial charge in [0.05, 0.1) is 31.0 Å². The smallest absolute Gasteiger partial charge is 0.262 e. The molecule has 1 aliphatic rings. The maximum Gasteiger partial charge on any atom is 0.262 e. The Balaban J connectivity index is 1.51. The van der Waals surface area contributed by atoms with Crippen molar-refractivity contribution in [2.45, 2.75) is 51.8 Å². The van der Waals surface area contributed by atoms with E-state index in [4.69, 9.17) is 4.74 Å². The summed E-state index contributed by atoms with van der Waals surface area (Å²) in [6.07, 6.45) is 4.92. The number of hydrogen-bond donors (Lipinski definition) is 1. The third-order valence-electron chi connectivity index (χ3n) is 5.22. The highest BCUT2D eigenvalue weighted by Gasteiger charge is 2.25. The fourth-order valence-corrected chi connectivity index (χ4v) is 5.08. The van der Waals surface area contributed by atoms with Crippen LogP contribution in [-0.2, 0) is 24.1 Å². The molecule has 148 valence electrons. The van der Waals surface area contributed by atoms with E-state index in [2.05, 4.69) is 24.1 Å². The van der Waals surface area contributed by atoms with Gasteiger partial charge in [0.2, 0.25) is 0 Å². The summed E-state index contributed by atoms with van der Waals surface area (Å²) in [7, 11) is 0. The summed E-state index contributed by atoms with van der Waals surface area (Å²) in [5.41, 5.74) is 2.42. The van der Waals surface area contributed by atoms with Crippen molar-refractivity contribution in [1.29, 1.82) is 0 Å². The summed E-state index contributed by atoms with van der Waals surface area (Å²) >= 11 is 1.68. The van der Waals surface area contributed by atoms with Gasteiger partial charge in [0.25, 0.3) is 5.56 Å². The van der Waals surface area contributed by atoms with Crippen LogP contribution in [0.5, 0.6) is 0 Å². The fraction of sp³-hybridized carbons (Fsp3) is 0.455. The van der Waals surface area contributed by atoms with Crippen LogP contribution < -0.4 is 10.9 Å². The molecule has 28 heavy (non-hydrogen) atoms. The number of hydrogen-bond acceptors (Lipinski definition) is 5. The predicted octanol–water partition coefficient (Wildman–Crippen LogP) is 3.38.